The number of aryl methyl sites for hydroxylation is 2. The van der Waals surface area contributed by atoms with Crippen LogP contribution in [0.4, 0.5) is 4.39 Å². The van der Waals surface area contributed by atoms with Crippen LogP contribution in [0.15, 0.2) is 48.5 Å². The van der Waals surface area contributed by atoms with Crippen LogP contribution in [0.5, 0.6) is 0 Å². The van der Waals surface area contributed by atoms with Crippen LogP contribution in [0.1, 0.15) is 27.7 Å². The van der Waals surface area contributed by atoms with Crippen LogP contribution in [0.3, 0.4) is 0 Å². The number of rotatable bonds is 2. The summed E-state index contributed by atoms with van der Waals surface area (Å²) in [5.41, 5.74) is 3.04. The van der Waals surface area contributed by atoms with Gasteiger partial charge in [0.05, 0.1) is 0 Å². The van der Waals surface area contributed by atoms with Gasteiger partial charge in [-0.25, -0.2) is 4.39 Å². The molecular formula is C21H20FN3O2. The van der Waals surface area contributed by atoms with Crippen molar-refractivity contribution in [2.24, 2.45) is 7.05 Å². The molecule has 1 fully saturated rings. The molecule has 5 nitrogen and oxygen atoms in total. The SMILES string of the molecule is Cc1ccc2c(c1)cc(C(=O)N1CCNC(=O)C1c1cccc(F)c1)n2C. The zero-order valence-electron chi connectivity index (χ0n) is 15.2. The highest BCUT2D eigenvalue weighted by molar-refractivity contribution is 6.01. The Labute approximate surface area is 156 Å². The third-order valence-corrected chi connectivity index (χ3v) is 5.05. The van der Waals surface area contributed by atoms with Gasteiger partial charge < -0.3 is 14.8 Å². The molecule has 1 unspecified atom stereocenters. The van der Waals surface area contributed by atoms with E-state index in [4.69, 9.17) is 0 Å². The fraction of sp³-hybridized carbons (Fsp3) is 0.238. The Kier molecular flexibility index (Phi) is 4.18. The van der Waals surface area contributed by atoms with E-state index >= 15 is 0 Å². The van der Waals surface area contributed by atoms with Gasteiger partial charge in [-0.15, -0.1) is 0 Å². The van der Waals surface area contributed by atoms with E-state index in [0.717, 1.165) is 16.5 Å². The van der Waals surface area contributed by atoms with Crippen molar-refractivity contribution in [1.29, 1.82) is 0 Å². The van der Waals surface area contributed by atoms with Gasteiger partial charge in [-0.1, -0.05) is 23.8 Å². The molecule has 1 atom stereocenters. The molecule has 1 N–H and O–H groups in total. The lowest BCUT2D eigenvalue weighted by Crippen LogP contribution is -2.52. The molecule has 0 saturated carbocycles. The molecule has 2 heterocycles. The first-order chi connectivity index (χ1) is 13.0. The van der Waals surface area contributed by atoms with E-state index in [9.17, 15) is 14.0 Å². The van der Waals surface area contributed by atoms with Crippen molar-refractivity contribution in [3.63, 3.8) is 0 Å². The summed E-state index contributed by atoms with van der Waals surface area (Å²) >= 11 is 0. The number of benzene rings is 2. The second-order valence-corrected chi connectivity index (χ2v) is 6.90. The first-order valence-corrected chi connectivity index (χ1v) is 8.86. The number of amides is 2. The predicted octanol–water partition coefficient (Wildman–Crippen LogP) is 2.94. The average molecular weight is 365 g/mol. The molecule has 6 heteroatoms. The second kappa shape index (κ2) is 6.54. The molecule has 2 aromatic carbocycles. The maximum absolute atomic E-state index is 13.7. The Morgan fingerprint density at radius 1 is 1.19 bits per heavy atom. The van der Waals surface area contributed by atoms with Gasteiger partial charge in [-0.2, -0.15) is 0 Å². The van der Waals surface area contributed by atoms with Gasteiger partial charge in [-0.05, 0) is 42.8 Å². The lowest BCUT2D eigenvalue weighted by molar-refractivity contribution is -0.128. The number of halogens is 1. The number of carbonyl (C=O) groups is 2. The van der Waals surface area contributed by atoms with Gasteiger partial charge in [0, 0.05) is 31.0 Å². The molecule has 138 valence electrons. The van der Waals surface area contributed by atoms with Gasteiger partial charge >= 0.3 is 0 Å². The number of hydrogen-bond acceptors (Lipinski definition) is 2. The molecule has 0 aliphatic carbocycles. The normalized spacial score (nSPS) is 17.2. The molecule has 1 saturated heterocycles. The van der Waals surface area contributed by atoms with Crippen molar-refractivity contribution in [3.8, 4) is 0 Å². The minimum absolute atomic E-state index is 0.240. The van der Waals surface area contributed by atoms with Gasteiger partial charge in [0.15, 0.2) is 0 Å². The number of aromatic nitrogens is 1. The Balaban J connectivity index is 1.77. The van der Waals surface area contributed by atoms with Crippen LogP contribution in [0, 0.1) is 12.7 Å². The summed E-state index contributed by atoms with van der Waals surface area (Å²) in [5, 5.41) is 3.75. The summed E-state index contributed by atoms with van der Waals surface area (Å²) in [6.07, 6.45) is 0. The molecular weight excluding hydrogens is 345 g/mol. The summed E-state index contributed by atoms with van der Waals surface area (Å²) < 4.78 is 15.5. The first kappa shape index (κ1) is 17.3. The lowest BCUT2D eigenvalue weighted by atomic mass is 10.0. The number of hydrogen-bond donors (Lipinski definition) is 1. The maximum Gasteiger partial charge on any atom is 0.271 e. The Bertz CT molecular complexity index is 1060. The van der Waals surface area contributed by atoms with E-state index in [1.165, 1.54) is 17.0 Å². The number of piperazine rings is 1. The molecule has 1 aliphatic rings. The fourth-order valence-electron chi connectivity index (χ4n) is 3.71. The number of nitrogens with zero attached hydrogens (tertiary/aromatic N) is 2. The van der Waals surface area contributed by atoms with Gasteiger partial charge in [0.1, 0.15) is 17.6 Å². The van der Waals surface area contributed by atoms with Crippen molar-refractivity contribution in [2.45, 2.75) is 13.0 Å². The van der Waals surface area contributed by atoms with E-state index in [-0.39, 0.29) is 11.8 Å². The minimum Gasteiger partial charge on any atom is -0.352 e. The lowest BCUT2D eigenvalue weighted by Gasteiger charge is -2.35. The van der Waals surface area contributed by atoms with Gasteiger partial charge in [-0.3, -0.25) is 9.59 Å². The van der Waals surface area contributed by atoms with Crippen LogP contribution in [0.2, 0.25) is 0 Å². The van der Waals surface area contributed by atoms with E-state index in [1.54, 1.807) is 12.1 Å². The third-order valence-electron chi connectivity index (χ3n) is 5.05. The van der Waals surface area contributed by atoms with Crippen LogP contribution in [0.25, 0.3) is 10.9 Å². The molecule has 3 aromatic rings. The quantitative estimate of drug-likeness (QED) is 0.759. The highest BCUT2D eigenvalue weighted by Gasteiger charge is 2.36. The standard InChI is InChI=1S/C21H20FN3O2/c1-13-6-7-17-15(10-13)12-18(24(17)2)21(27)25-9-8-23-20(26)19(25)14-4-3-5-16(22)11-14/h3-7,10-12,19H,8-9H2,1-2H3,(H,23,26). The van der Waals surface area contributed by atoms with Crippen molar-refractivity contribution in [1.82, 2.24) is 14.8 Å². The molecule has 0 spiro atoms. The van der Waals surface area contributed by atoms with Crippen molar-refractivity contribution in [2.75, 3.05) is 13.1 Å². The topological polar surface area (TPSA) is 54.3 Å². The summed E-state index contributed by atoms with van der Waals surface area (Å²) in [7, 11) is 1.84. The largest absolute Gasteiger partial charge is 0.352 e. The second-order valence-electron chi connectivity index (χ2n) is 6.90. The van der Waals surface area contributed by atoms with Crippen LogP contribution >= 0.6 is 0 Å². The molecule has 2 amide bonds. The zero-order chi connectivity index (χ0) is 19.1. The summed E-state index contributed by atoms with van der Waals surface area (Å²) in [5.74, 6) is -0.969. The third kappa shape index (κ3) is 2.97. The summed E-state index contributed by atoms with van der Waals surface area (Å²) in [6.45, 7) is 2.74. The highest BCUT2D eigenvalue weighted by Crippen LogP contribution is 2.28. The number of fused-ring (bicyclic) bond motifs is 1. The Hall–Kier alpha value is -3.15. The molecule has 4 rings (SSSR count). The van der Waals surface area contributed by atoms with Gasteiger partial charge in [0.2, 0.25) is 5.91 Å². The number of nitrogens with one attached hydrogen (secondary N) is 1. The maximum atomic E-state index is 13.7. The summed E-state index contributed by atoms with van der Waals surface area (Å²) in [4.78, 5) is 27.4. The number of carbonyl (C=O) groups excluding carboxylic acids is 2. The molecule has 1 aromatic heterocycles. The molecule has 1 aliphatic heterocycles. The smallest absolute Gasteiger partial charge is 0.271 e. The molecule has 0 bridgehead atoms. The zero-order valence-corrected chi connectivity index (χ0v) is 15.2. The van der Waals surface area contributed by atoms with Crippen LogP contribution < -0.4 is 5.32 Å². The van der Waals surface area contributed by atoms with Gasteiger partial charge in [0.25, 0.3) is 5.91 Å². The fourth-order valence-corrected chi connectivity index (χ4v) is 3.71. The van der Waals surface area contributed by atoms with Crippen LogP contribution in [-0.2, 0) is 11.8 Å². The van der Waals surface area contributed by atoms with E-state index in [1.807, 2.05) is 42.8 Å². The Morgan fingerprint density at radius 2 is 2.00 bits per heavy atom. The first-order valence-electron chi connectivity index (χ1n) is 8.86. The minimum atomic E-state index is -0.846. The molecule has 27 heavy (non-hydrogen) atoms. The highest BCUT2D eigenvalue weighted by atomic mass is 19.1. The van der Waals surface area contributed by atoms with Crippen molar-refractivity contribution >= 4 is 22.7 Å². The Morgan fingerprint density at radius 3 is 2.78 bits per heavy atom. The van der Waals surface area contributed by atoms with E-state index < -0.39 is 11.9 Å². The van der Waals surface area contributed by atoms with E-state index in [2.05, 4.69) is 5.32 Å². The predicted molar refractivity (Wildman–Crippen MR) is 101 cm³/mol. The van der Waals surface area contributed by atoms with Crippen molar-refractivity contribution < 1.29 is 14.0 Å². The van der Waals surface area contributed by atoms with Crippen molar-refractivity contribution in [3.05, 3.63) is 71.2 Å². The van der Waals surface area contributed by atoms with Crippen LogP contribution in [-0.4, -0.2) is 34.4 Å². The average Bonchev–Trinajstić information content (AvgIpc) is 2.96. The monoisotopic (exact) mass is 365 g/mol. The summed E-state index contributed by atoms with van der Waals surface area (Å²) in [6, 6.07) is 12.9. The molecule has 0 radical (unpaired) electrons. The van der Waals surface area contributed by atoms with E-state index in [0.29, 0.717) is 24.3 Å².